The van der Waals surface area contributed by atoms with Gasteiger partial charge in [-0.05, 0) is 83.2 Å². The van der Waals surface area contributed by atoms with Gasteiger partial charge in [-0.3, -0.25) is 0 Å². The van der Waals surface area contributed by atoms with Gasteiger partial charge < -0.3 is 0 Å². The van der Waals surface area contributed by atoms with Crippen LogP contribution in [0.1, 0.15) is 11.1 Å². The summed E-state index contributed by atoms with van der Waals surface area (Å²) in [4.78, 5) is 10.7. The van der Waals surface area contributed by atoms with Crippen molar-refractivity contribution in [2.45, 2.75) is 0 Å². The Morgan fingerprint density at radius 1 is 0.479 bits per heavy atom. The number of hydrogen-bond donors (Lipinski definition) is 0. The predicted molar refractivity (Wildman–Crippen MR) is 206 cm³/mol. The number of rotatable bonds is 5. The van der Waals surface area contributed by atoms with E-state index in [4.69, 9.17) is 56.4 Å². The molecule has 0 saturated carbocycles. The van der Waals surface area contributed by atoms with Gasteiger partial charge in [0.1, 0.15) is 0 Å². The standard InChI is InChI=1S/C42H24Cl4N2/c43-28-16-10-25(11-17-28)37-34-8-4-5-9-36(34)48-42-33-23-22-31(46)24-35(33)39(38(40(37)42)26-12-18-29(44)19-13-26)41(27-14-20-30(45)21-15-27)47-32-6-2-1-3-7-32/h1-24H. The van der Waals surface area contributed by atoms with E-state index in [1.165, 1.54) is 0 Å². The Hall–Kier alpha value is -4.70. The number of pyridine rings is 1. The molecule has 6 heteroatoms. The maximum Gasteiger partial charge on any atom is 0.0801 e. The van der Waals surface area contributed by atoms with Crippen LogP contribution in [0.2, 0.25) is 20.1 Å². The molecule has 230 valence electrons. The van der Waals surface area contributed by atoms with Crippen LogP contribution in [0.15, 0.2) is 151 Å². The number of benzene rings is 7. The molecular weight excluding hydrogens is 674 g/mol. The Kier molecular flexibility index (Phi) is 8.12. The average molecular weight is 698 g/mol. The van der Waals surface area contributed by atoms with Crippen molar-refractivity contribution < 1.29 is 0 Å². The van der Waals surface area contributed by atoms with Crippen molar-refractivity contribution in [3.63, 3.8) is 0 Å². The first-order valence-electron chi connectivity index (χ1n) is 15.3. The van der Waals surface area contributed by atoms with E-state index in [-0.39, 0.29) is 0 Å². The van der Waals surface area contributed by atoms with E-state index < -0.39 is 0 Å². The molecule has 7 aromatic carbocycles. The van der Waals surface area contributed by atoms with Crippen molar-refractivity contribution in [3.8, 4) is 22.3 Å². The summed E-state index contributed by atoms with van der Waals surface area (Å²) in [7, 11) is 0. The molecule has 2 nitrogen and oxygen atoms in total. The Bertz CT molecular complexity index is 2510. The second kappa shape index (κ2) is 12.7. The first kappa shape index (κ1) is 30.6. The van der Waals surface area contributed by atoms with E-state index in [9.17, 15) is 0 Å². The minimum absolute atomic E-state index is 0.610. The second-order valence-electron chi connectivity index (χ2n) is 11.5. The molecule has 0 bridgehead atoms. The van der Waals surface area contributed by atoms with Crippen LogP contribution in [0.5, 0.6) is 0 Å². The van der Waals surface area contributed by atoms with Gasteiger partial charge in [0, 0.05) is 58.5 Å². The van der Waals surface area contributed by atoms with E-state index in [1.807, 2.05) is 97.1 Å². The van der Waals surface area contributed by atoms with Gasteiger partial charge in [0.25, 0.3) is 0 Å². The highest BCUT2D eigenvalue weighted by Crippen LogP contribution is 2.47. The van der Waals surface area contributed by atoms with Crippen LogP contribution in [-0.4, -0.2) is 10.7 Å². The molecular formula is C42H24Cl4N2. The molecule has 0 aliphatic carbocycles. The summed E-state index contributed by atoms with van der Waals surface area (Å²) in [6.45, 7) is 0. The van der Waals surface area contributed by atoms with Crippen molar-refractivity contribution in [2.24, 2.45) is 4.99 Å². The van der Waals surface area contributed by atoms with Crippen molar-refractivity contribution in [3.05, 3.63) is 177 Å². The molecule has 0 atom stereocenters. The van der Waals surface area contributed by atoms with Crippen molar-refractivity contribution in [2.75, 3.05) is 0 Å². The Morgan fingerprint density at radius 2 is 1.04 bits per heavy atom. The molecule has 1 heterocycles. The van der Waals surface area contributed by atoms with Crippen molar-refractivity contribution in [1.29, 1.82) is 0 Å². The van der Waals surface area contributed by atoms with Gasteiger partial charge in [-0.25, -0.2) is 9.98 Å². The smallest absolute Gasteiger partial charge is 0.0801 e. The number of nitrogens with zero attached hydrogens (tertiary/aromatic N) is 2. The summed E-state index contributed by atoms with van der Waals surface area (Å²) in [6.07, 6.45) is 0. The first-order chi connectivity index (χ1) is 23.4. The van der Waals surface area contributed by atoms with Gasteiger partial charge in [0.2, 0.25) is 0 Å². The lowest BCUT2D eigenvalue weighted by molar-refractivity contribution is 1.48. The van der Waals surface area contributed by atoms with Crippen molar-refractivity contribution >= 4 is 90.4 Å². The van der Waals surface area contributed by atoms with Gasteiger partial charge in [0.05, 0.1) is 22.4 Å². The fraction of sp³-hybridized carbons (Fsp3) is 0. The highest BCUT2D eigenvalue weighted by Gasteiger charge is 2.26. The second-order valence-corrected chi connectivity index (χ2v) is 13.2. The topological polar surface area (TPSA) is 25.2 Å². The Balaban J connectivity index is 1.67. The van der Waals surface area contributed by atoms with Crippen LogP contribution in [0.3, 0.4) is 0 Å². The monoisotopic (exact) mass is 696 g/mol. The SMILES string of the molecule is Clc1ccc(C(=Nc2ccccc2)c2c(-c3ccc(Cl)cc3)c3c(-c4ccc(Cl)cc4)c4ccccc4nc3c3ccc(Cl)cc23)cc1. The number of fused-ring (bicyclic) bond motifs is 4. The highest BCUT2D eigenvalue weighted by atomic mass is 35.5. The predicted octanol–water partition coefficient (Wildman–Crippen LogP) is 13.7. The zero-order valence-corrected chi connectivity index (χ0v) is 28.3. The largest absolute Gasteiger partial charge is 0.248 e. The van der Waals surface area contributed by atoms with Crippen LogP contribution < -0.4 is 0 Å². The number of halogens is 4. The number of aromatic nitrogens is 1. The molecule has 0 fully saturated rings. The van der Waals surface area contributed by atoms with Gasteiger partial charge >= 0.3 is 0 Å². The third-order valence-electron chi connectivity index (χ3n) is 8.52. The molecule has 48 heavy (non-hydrogen) atoms. The molecule has 0 N–H and O–H groups in total. The van der Waals surface area contributed by atoms with Gasteiger partial charge in [0.15, 0.2) is 0 Å². The van der Waals surface area contributed by atoms with Crippen LogP contribution in [0.25, 0.3) is 54.8 Å². The molecule has 0 radical (unpaired) electrons. The van der Waals surface area contributed by atoms with Gasteiger partial charge in [-0.15, -0.1) is 0 Å². The maximum absolute atomic E-state index is 6.82. The van der Waals surface area contributed by atoms with Crippen LogP contribution in [-0.2, 0) is 0 Å². The highest BCUT2D eigenvalue weighted by molar-refractivity contribution is 6.36. The Morgan fingerprint density at radius 3 is 1.71 bits per heavy atom. The maximum atomic E-state index is 6.82. The molecule has 1 aromatic heterocycles. The first-order valence-corrected chi connectivity index (χ1v) is 16.9. The minimum Gasteiger partial charge on any atom is -0.248 e. The van der Waals surface area contributed by atoms with E-state index in [0.29, 0.717) is 20.1 Å². The Labute approximate surface area is 297 Å². The number of para-hydroxylation sites is 2. The normalized spacial score (nSPS) is 11.9. The number of aliphatic imine (C=N–C) groups is 1. The molecule has 0 amide bonds. The number of hydrogen-bond acceptors (Lipinski definition) is 2. The quantitative estimate of drug-likeness (QED) is 0.0998. The zero-order valence-electron chi connectivity index (χ0n) is 25.3. The van der Waals surface area contributed by atoms with E-state index >= 15 is 0 Å². The zero-order chi connectivity index (χ0) is 32.8. The van der Waals surface area contributed by atoms with Crippen LogP contribution in [0, 0.1) is 0 Å². The molecule has 8 rings (SSSR count). The summed E-state index contributed by atoms with van der Waals surface area (Å²) >= 11 is 26.2. The lowest BCUT2D eigenvalue weighted by atomic mass is 9.82. The van der Waals surface area contributed by atoms with E-state index in [0.717, 1.165) is 77.4 Å². The average Bonchev–Trinajstić information content (AvgIpc) is 3.11. The fourth-order valence-electron chi connectivity index (χ4n) is 6.41. The lowest BCUT2D eigenvalue weighted by Crippen LogP contribution is -2.08. The summed E-state index contributed by atoms with van der Waals surface area (Å²) in [5.41, 5.74) is 9.14. The van der Waals surface area contributed by atoms with Gasteiger partial charge in [-0.2, -0.15) is 0 Å². The van der Waals surface area contributed by atoms with E-state index in [2.05, 4.69) is 48.5 Å². The van der Waals surface area contributed by atoms with Gasteiger partial charge in [-0.1, -0.05) is 125 Å². The lowest BCUT2D eigenvalue weighted by Gasteiger charge is -2.23. The van der Waals surface area contributed by atoms with Crippen LogP contribution >= 0.6 is 46.4 Å². The molecule has 0 aliphatic heterocycles. The summed E-state index contributed by atoms with van der Waals surface area (Å²) in [5.74, 6) is 0. The molecule has 0 spiro atoms. The van der Waals surface area contributed by atoms with Crippen molar-refractivity contribution in [1.82, 2.24) is 4.98 Å². The third kappa shape index (κ3) is 5.61. The van der Waals surface area contributed by atoms with Crippen LogP contribution in [0.4, 0.5) is 5.69 Å². The fourth-order valence-corrected chi connectivity index (χ4v) is 6.96. The molecule has 8 aromatic rings. The summed E-state index contributed by atoms with van der Waals surface area (Å²) in [6, 6.07) is 48.0. The molecule has 0 unspecified atom stereocenters. The minimum atomic E-state index is 0.610. The molecule has 0 aliphatic rings. The summed E-state index contributed by atoms with van der Waals surface area (Å²) in [5, 5.41) is 6.45. The molecule has 0 saturated heterocycles. The third-order valence-corrected chi connectivity index (χ3v) is 9.51. The summed E-state index contributed by atoms with van der Waals surface area (Å²) < 4.78 is 0. The van der Waals surface area contributed by atoms with E-state index in [1.54, 1.807) is 0 Å².